The molecule has 0 aromatic heterocycles. The lowest BCUT2D eigenvalue weighted by Crippen LogP contribution is -2.39. The fraction of sp³-hybridized carbons (Fsp3) is 0.120. The summed E-state index contributed by atoms with van der Waals surface area (Å²) in [6.45, 7) is 0. The number of hydrogen-bond acceptors (Lipinski definition) is 4. The van der Waals surface area contributed by atoms with E-state index < -0.39 is 18.1 Å². The van der Waals surface area contributed by atoms with Gasteiger partial charge < -0.3 is 0 Å². The number of halogens is 1. The van der Waals surface area contributed by atoms with Gasteiger partial charge in [-0.3, -0.25) is 14.4 Å². The van der Waals surface area contributed by atoms with Crippen LogP contribution in [-0.4, -0.2) is 24.0 Å². The summed E-state index contributed by atoms with van der Waals surface area (Å²) in [5.74, 6) is -1.22. The first-order valence-electron chi connectivity index (χ1n) is 10.0. The number of hydrogen-bond donors (Lipinski definition) is 0. The number of rotatable bonds is 4. The number of nitrogens with zero attached hydrogens (tertiary/aromatic N) is 2. The number of fused-ring (bicyclic) bond motifs is 1. The Balaban J connectivity index is 1.52. The van der Waals surface area contributed by atoms with E-state index in [1.54, 1.807) is 17.2 Å². The molecule has 154 valence electrons. The van der Waals surface area contributed by atoms with Gasteiger partial charge >= 0.3 is 0 Å². The van der Waals surface area contributed by atoms with E-state index in [0.717, 1.165) is 15.7 Å². The first kappa shape index (κ1) is 19.7. The predicted molar refractivity (Wildman–Crippen MR) is 123 cm³/mol. The van der Waals surface area contributed by atoms with E-state index >= 15 is 0 Å². The zero-order valence-electron chi connectivity index (χ0n) is 16.5. The second-order valence-electron chi connectivity index (χ2n) is 7.46. The third-order valence-corrected chi connectivity index (χ3v) is 6.07. The Bertz CT molecular complexity index is 1130. The molecule has 0 N–H and O–H groups in total. The smallest absolute Gasteiger partial charge is 0.266 e. The predicted octanol–water partition coefficient (Wildman–Crippen LogP) is 4.84. The van der Waals surface area contributed by atoms with Gasteiger partial charge in [0.05, 0.1) is 17.4 Å². The zero-order valence-corrected chi connectivity index (χ0v) is 18.1. The van der Waals surface area contributed by atoms with E-state index in [0.29, 0.717) is 5.69 Å². The van der Waals surface area contributed by atoms with Crippen molar-refractivity contribution < 1.29 is 14.4 Å². The lowest BCUT2D eigenvalue weighted by atomic mass is 9.95. The van der Waals surface area contributed by atoms with Crippen molar-refractivity contribution in [3.8, 4) is 0 Å². The van der Waals surface area contributed by atoms with Crippen LogP contribution in [0.1, 0.15) is 5.56 Å². The van der Waals surface area contributed by atoms with Crippen molar-refractivity contribution in [1.82, 2.24) is 0 Å². The molecule has 0 saturated carbocycles. The largest absolute Gasteiger partial charge is 0.273 e. The molecule has 2 aliphatic heterocycles. The molecule has 0 radical (unpaired) electrons. The first-order valence-corrected chi connectivity index (χ1v) is 10.8. The van der Waals surface area contributed by atoms with Gasteiger partial charge in [-0.1, -0.05) is 76.6 Å². The second kappa shape index (κ2) is 8.13. The molecule has 0 unspecified atom stereocenters. The minimum atomic E-state index is -0.859. The van der Waals surface area contributed by atoms with Crippen molar-refractivity contribution in [1.29, 1.82) is 0 Å². The molecule has 2 aliphatic rings. The Labute approximate surface area is 188 Å². The molecule has 2 saturated heterocycles. The van der Waals surface area contributed by atoms with Crippen LogP contribution in [0.25, 0.3) is 6.08 Å². The molecule has 0 aliphatic carbocycles. The van der Waals surface area contributed by atoms with Crippen LogP contribution in [0, 0.1) is 5.92 Å². The fourth-order valence-corrected chi connectivity index (χ4v) is 4.33. The topological polar surface area (TPSA) is 49.9 Å². The number of para-hydroxylation sites is 1. The van der Waals surface area contributed by atoms with Crippen LogP contribution in [0.2, 0.25) is 0 Å². The highest BCUT2D eigenvalue weighted by Crippen LogP contribution is 2.41. The van der Waals surface area contributed by atoms with Gasteiger partial charge in [-0.15, -0.1) is 0 Å². The third-order valence-electron chi connectivity index (χ3n) is 5.54. The van der Waals surface area contributed by atoms with Gasteiger partial charge in [0, 0.05) is 4.47 Å². The van der Waals surface area contributed by atoms with E-state index in [1.165, 1.54) is 4.90 Å². The Morgan fingerprint density at radius 3 is 2.10 bits per heavy atom. The summed E-state index contributed by atoms with van der Waals surface area (Å²) < 4.78 is 0.880. The summed E-state index contributed by atoms with van der Waals surface area (Å²) in [5.41, 5.74) is 2.36. The van der Waals surface area contributed by atoms with E-state index in [1.807, 2.05) is 84.9 Å². The van der Waals surface area contributed by atoms with Crippen molar-refractivity contribution in [2.75, 3.05) is 9.96 Å². The number of carbonyl (C=O) groups excluding carboxylic acids is 2. The minimum absolute atomic E-state index is 0.251. The first-order chi connectivity index (χ1) is 15.1. The molecule has 31 heavy (non-hydrogen) atoms. The molecule has 0 bridgehead atoms. The molecule has 5 rings (SSSR count). The molecule has 0 spiro atoms. The molecule has 2 fully saturated rings. The average Bonchev–Trinajstić information content (AvgIpc) is 3.30. The number of carbonyl (C=O) groups is 2. The maximum Gasteiger partial charge on any atom is 0.266 e. The number of imide groups is 1. The maximum absolute atomic E-state index is 13.4. The van der Waals surface area contributed by atoms with Gasteiger partial charge in [0.1, 0.15) is 5.92 Å². The van der Waals surface area contributed by atoms with Gasteiger partial charge in [0.25, 0.3) is 5.91 Å². The van der Waals surface area contributed by atoms with E-state index in [-0.39, 0.29) is 11.8 Å². The van der Waals surface area contributed by atoms with Crippen molar-refractivity contribution in [2.45, 2.75) is 12.1 Å². The molecule has 3 aromatic rings. The highest BCUT2D eigenvalue weighted by atomic mass is 79.9. The number of benzene rings is 3. The van der Waals surface area contributed by atoms with Crippen LogP contribution in [0.4, 0.5) is 11.4 Å². The summed E-state index contributed by atoms with van der Waals surface area (Å²) >= 11 is 3.39. The molecule has 2 amide bonds. The summed E-state index contributed by atoms with van der Waals surface area (Å²) in [4.78, 5) is 34.0. The van der Waals surface area contributed by atoms with Gasteiger partial charge in [0.2, 0.25) is 5.91 Å². The number of amides is 2. The van der Waals surface area contributed by atoms with Crippen LogP contribution in [0.3, 0.4) is 0 Å². The monoisotopic (exact) mass is 474 g/mol. The van der Waals surface area contributed by atoms with Gasteiger partial charge in [-0.25, -0.2) is 9.96 Å². The van der Waals surface area contributed by atoms with Crippen LogP contribution in [0.15, 0.2) is 95.5 Å². The van der Waals surface area contributed by atoms with Crippen LogP contribution < -0.4 is 9.96 Å². The molecule has 6 heteroatoms. The van der Waals surface area contributed by atoms with Gasteiger partial charge in [-0.2, -0.15) is 0 Å². The van der Waals surface area contributed by atoms with Crippen molar-refractivity contribution in [2.24, 2.45) is 5.92 Å². The molecule has 3 aromatic carbocycles. The Kier molecular flexibility index (Phi) is 5.18. The zero-order chi connectivity index (χ0) is 21.4. The van der Waals surface area contributed by atoms with Crippen molar-refractivity contribution in [3.63, 3.8) is 0 Å². The minimum Gasteiger partial charge on any atom is -0.273 e. The SMILES string of the molecule is O=C1[C@H]2[C@H](ON(c3ccccc3)[C@H]2/C=C/c2ccccc2)C(=O)N1c1ccc(Br)cc1. The normalized spacial score (nSPS) is 23.1. The molecule has 5 nitrogen and oxygen atoms in total. The number of anilines is 2. The lowest BCUT2D eigenvalue weighted by molar-refractivity contribution is -0.126. The van der Waals surface area contributed by atoms with Gasteiger partial charge in [0.15, 0.2) is 6.10 Å². The molecular formula is C25H19BrN2O3. The highest BCUT2D eigenvalue weighted by Gasteiger charge is 2.59. The second-order valence-corrected chi connectivity index (χ2v) is 8.38. The standard InChI is InChI=1S/C25H19BrN2O3/c26-18-12-14-19(15-13-18)27-24(29)22-21(16-11-17-7-3-1-4-8-17)28(31-23(22)25(27)30)20-9-5-2-6-10-20/h1-16,21-23H/b16-11+/t21-,22+,23-/m0/s1. The summed E-state index contributed by atoms with van der Waals surface area (Å²) in [6.07, 6.45) is 3.05. The van der Waals surface area contributed by atoms with Crippen LogP contribution >= 0.6 is 15.9 Å². The van der Waals surface area contributed by atoms with E-state index in [2.05, 4.69) is 15.9 Å². The van der Waals surface area contributed by atoms with E-state index in [4.69, 9.17) is 4.84 Å². The third kappa shape index (κ3) is 3.58. The fourth-order valence-electron chi connectivity index (χ4n) is 4.07. The lowest BCUT2D eigenvalue weighted by Gasteiger charge is -2.26. The highest BCUT2D eigenvalue weighted by molar-refractivity contribution is 9.10. The van der Waals surface area contributed by atoms with Crippen molar-refractivity contribution in [3.05, 3.63) is 101 Å². The Hall–Kier alpha value is -3.22. The number of hydroxylamine groups is 1. The summed E-state index contributed by atoms with van der Waals surface area (Å²) in [6, 6.07) is 26.1. The summed E-state index contributed by atoms with van der Waals surface area (Å²) in [7, 11) is 0. The molecule has 2 heterocycles. The Morgan fingerprint density at radius 1 is 0.774 bits per heavy atom. The molecular weight excluding hydrogens is 456 g/mol. The van der Waals surface area contributed by atoms with Crippen LogP contribution in [-0.2, 0) is 14.4 Å². The van der Waals surface area contributed by atoms with Crippen molar-refractivity contribution >= 4 is 45.2 Å². The quantitative estimate of drug-likeness (QED) is 0.507. The molecule has 3 atom stereocenters. The summed E-state index contributed by atoms with van der Waals surface area (Å²) in [5, 5.41) is 1.68. The average molecular weight is 475 g/mol. The Morgan fingerprint density at radius 2 is 1.42 bits per heavy atom. The van der Waals surface area contributed by atoms with E-state index in [9.17, 15) is 9.59 Å². The van der Waals surface area contributed by atoms with Gasteiger partial charge in [-0.05, 0) is 42.0 Å². The van der Waals surface area contributed by atoms with Crippen LogP contribution in [0.5, 0.6) is 0 Å². The maximum atomic E-state index is 13.4.